The summed E-state index contributed by atoms with van der Waals surface area (Å²) >= 11 is 0. The standard InChI is InChI=1S/C22H23N5O2S/c1-2-30(28,29)27-9-6-19(7-10-27)26-22-12-18(11-16-5-8-24-15-21(16)22)17-3-4-20(13-23)25-14-17/h3-5,8,11-12,14-15,19,26H,2,6-7,9-10H2,1H3. The lowest BCUT2D eigenvalue weighted by Crippen LogP contribution is -2.42. The number of hydrogen-bond acceptors (Lipinski definition) is 6. The van der Waals surface area contributed by atoms with E-state index in [1.807, 2.05) is 24.4 Å². The fourth-order valence-corrected chi connectivity index (χ4v) is 4.93. The quantitative estimate of drug-likeness (QED) is 0.678. The van der Waals surface area contributed by atoms with Crippen molar-refractivity contribution in [1.82, 2.24) is 14.3 Å². The first-order chi connectivity index (χ1) is 14.5. The molecule has 30 heavy (non-hydrogen) atoms. The number of sulfonamides is 1. The van der Waals surface area contributed by atoms with Gasteiger partial charge in [-0.2, -0.15) is 5.26 Å². The van der Waals surface area contributed by atoms with Crippen molar-refractivity contribution >= 4 is 26.5 Å². The van der Waals surface area contributed by atoms with Gasteiger partial charge >= 0.3 is 0 Å². The van der Waals surface area contributed by atoms with Crippen LogP contribution in [0.3, 0.4) is 0 Å². The van der Waals surface area contributed by atoms with Crippen LogP contribution >= 0.6 is 0 Å². The monoisotopic (exact) mass is 421 g/mol. The molecule has 0 atom stereocenters. The fourth-order valence-electron chi connectivity index (χ4n) is 3.80. The molecule has 0 unspecified atom stereocenters. The summed E-state index contributed by atoms with van der Waals surface area (Å²) in [5.41, 5.74) is 3.28. The smallest absolute Gasteiger partial charge is 0.213 e. The Morgan fingerprint density at radius 2 is 1.97 bits per heavy atom. The molecule has 0 aliphatic carbocycles. The molecule has 1 aromatic carbocycles. The zero-order chi connectivity index (χ0) is 21.1. The largest absolute Gasteiger partial charge is 0.382 e. The zero-order valence-corrected chi connectivity index (χ0v) is 17.6. The highest BCUT2D eigenvalue weighted by Gasteiger charge is 2.26. The molecule has 3 heterocycles. The van der Waals surface area contributed by atoms with E-state index in [1.54, 1.807) is 29.7 Å². The van der Waals surface area contributed by atoms with Crippen LogP contribution in [0.2, 0.25) is 0 Å². The van der Waals surface area contributed by atoms with Crippen LogP contribution in [0.15, 0.2) is 48.9 Å². The molecule has 1 aliphatic heterocycles. The number of pyridine rings is 2. The third-order valence-electron chi connectivity index (χ3n) is 5.54. The van der Waals surface area contributed by atoms with Gasteiger partial charge in [0.25, 0.3) is 0 Å². The maximum absolute atomic E-state index is 12.1. The van der Waals surface area contributed by atoms with E-state index in [1.165, 1.54) is 0 Å². The van der Waals surface area contributed by atoms with Crippen LogP contribution in [0.4, 0.5) is 5.69 Å². The van der Waals surface area contributed by atoms with Crippen molar-refractivity contribution < 1.29 is 8.42 Å². The second kappa shape index (κ2) is 8.38. The summed E-state index contributed by atoms with van der Waals surface area (Å²) in [7, 11) is -3.14. The van der Waals surface area contributed by atoms with Crippen LogP contribution in [0, 0.1) is 11.3 Å². The summed E-state index contributed by atoms with van der Waals surface area (Å²) in [6.07, 6.45) is 6.82. The summed E-state index contributed by atoms with van der Waals surface area (Å²) in [4.78, 5) is 8.45. The maximum Gasteiger partial charge on any atom is 0.213 e. The van der Waals surface area contributed by atoms with Crippen LogP contribution in [-0.2, 0) is 10.0 Å². The predicted octanol–water partition coefficient (Wildman–Crippen LogP) is 3.39. The second-order valence-electron chi connectivity index (χ2n) is 7.38. The van der Waals surface area contributed by atoms with E-state index in [0.29, 0.717) is 18.8 Å². The SMILES string of the molecule is CCS(=O)(=O)N1CCC(Nc2cc(-c3ccc(C#N)nc3)cc3ccncc23)CC1. The molecule has 1 fully saturated rings. The van der Waals surface area contributed by atoms with Crippen molar-refractivity contribution in [3.63, 3.8) is 0 Å². The highest BCUT2D eigenvalue weighted by atomic mass is 32.2. The summed E-state index contributed by atoms with van der Waals surface area (Å²) in [6, 6.07) is 12.0. The van der Waals surface area contributed by atoms with Gasteiger partial charge < -0.3 is 5.32 Å². The van der Waals surface area contributed by atoms with Crippen molar-refractivity contribution in [2.24, 2.45) is 0 Å². The van der Waals surface area contributed by atoms with E-state index in [0.717, 1.165) is 40.4 Å². The van der Waals surface area contributed by atoms with Gasteiger partial charge in [-0.25, -0.2) is 17.7 Å². The van der Waals surface area contributed by atoms with E-state index in [-0.39, 0.29) is 11.8 Å². The van der Waals surface area contributed by atoms with Crippen LogP contribution < -0.4 is 5.32 Å². The zero-order valence-electron chi connectivity index (χ0n) is 16.7. The van der Waals surface area contributed by atoms with Crippen molar-refractivity contribution in [2.75, 3.05) is 24.2 Å². The highest BCUT2D eigenvalue weighted by molar-refractivity contribution is 7.89. The normalized spacial score (nSPS) is 15.7. The molecule has 1 N–H and O–H groups in total. The number of nitrogens with one attached hydrogen (secondary N) is 1. The summed E-state index contributed by atoms with van der Waals surface area (Å²) < 4.78 is 25.8. The Bertz CT molecular complexity index is 1190. The number of anilines is 1. The molecule has 7 nitrogen and oxygen atoms in total. The Kier molecular flexibility index (Phi) is 5.66. The molecule has 3 aromatic rings. The number of nitrogens with zero attached hydrogens (tertiary/aromatic N) is 4. The van der Waals surface area contributed by atoms with Crippen molar-refractivity contribution in [3.8, 4) is 17.2 Å². The number of fused-ring (bicyclic) bond motifs is 1. The van der Waals surface area contributed by atoms with Gasteiger partial charge in [-0.3, -0.25) is 4.98 Å². The second-order valence-corrected chi connectivity index (χ2v) is 9.64. The van der Waals surface area contributed by atoms with Crippen molar-refractivity contribution in [3.05, 3.63) is 54.6 Å². The van der Waals surface area contributed by atoms with Crippen LogP contribution in [-0.4, -0.2) is 47.6 Å². The average Bonchev–Trinajstić information content (AvgIpc) is 2.79. The van der Waals surface area contributed by atoms with E-state index < -0.39 is 10.0 Å². The van der Waals surface area contributed by atoms with E-state index in [9.17, 15) is 8.42 Å². The topological polar surface area (TPSA) is 99.0 Å². The minimum absolute atomic E-state index is 0.141. The van der Waals surface area contributed by atoms with Crippen LogP contribution in [0.1, 0.15) is 25.5 Å². The molecular formula is C22H23N5O2S. The lowest BCUT2D eigenvalue weighted by molar-refractivity contribution is 0.330. The van der Waals surface area contributed by atoms with Crippen molar-refractivity contribution in [2.45, 2.75) is 25.8 Å². The average molecular weight is 422 g/mol. The van der Waals surface area contributed by atoms with Crippen LogP contribution in [0.25, 0.3) is 21.9 Å². The molecule has 4 rings (SSSR count). The Morgan fingerprint density at radius 3 is 2.63 bits per heavy atom. The highest BCUT2D eigenvalue weighted by Crippen LogP contribution is 2.32. The Morgan fingerprint density at radius 1 is 1.17 bits per heavy atom. The summed E-state index contributed by atoms with van der Waals surface area (Å²) in [5, 5.41) is 14.7. The number of nitriles is 1. The van der Waals surface area contributed by atoms with Crippen molar-refractivity contribution in [1.29, 1.82) is 5.26 Å². The molecule has 0 bridgehead atoms. The minimum Gasteiger partial charge on any atom is -0.382 e. The molecule has 8 heteroatoms. The molecule has 154 valence electrons. The molecule has 0 radical (unpaired) electrons. The Balaban J connectivity index is 1.61. The Hall–Kier alpha value is -3.02. The number of piperidine rings is 1. The summed E-state index contributed by atoms with van der Waals surface area (Å²) in [5.74, 6) is 0.141. The predicted molar refractivity (Wildman–Crippen MR) is 117 cm³/mol. The molecule has 0 saturated carbocycles. The third-order valence-corrected chi connectivity index (χ3v) is 7.42. The van der Waals surface area contributed by atoms with Gasteiger partial charge in [0, 0.05) is 54.4 Å². The molecule has 1 saturated heterocycles. The van der Waals surface area contributed by atoms with E-state index in [2.05, 4.69) is 27.4 Å². The lowest BCUT2D eigenvalue weighted by Gasteiger charge is -2.32. The maximum atomic E-state index is 12.1. The van der Waals surface area contributed by atoms with E-state index >= 15 is 0 Å². The molecule has 1 aliphatic rings. The number of aromatic nitrogens is 2. The Labute approximate surface area is 176 Å². The number of rotatable bonds is 5. The van der Waals surface area contributed by atoms with Gasteiger partial charge in [-0.05, 0) is 61.0 Å². The third kappa shape index (κ3) is 4.13. The lowest BCUT2D eigenvalue weighted by atomic mass is 10.00. The van der Waals surface area contributed by atoms with Gasteiger partial charge in [0.1, 0.15) is 11.8 Å². The fraction of sp³-hybridized carbons (Fsp3) is 0.318. The van der Waals surface area contributed by atoms with Gasteiger partial charge in [0.2, 0.25) is 10.0 Å². The summed E-state index contributed by atoms with van der Waals surface area (Å²) in [6.45, 7) is 2.74. The van der Waals surface area contributed by atoms with Gasteiger partial charge in [0.15, 0.2) is 0 Å². The number of hydrogen-bond donors (Lipinski definition) is 1. The number of benzene rings is 1. The molecule has 0 spiro atoms. The first kappa shape index (κ1) is 20.3. The minimum atomic E-state index is -3.14. The van der Waals surface area contributed by atoms with Gasteiger partial charge in [-0.15, -0.1) is 0 Å². The molecular weight excluding hydrogens is 398 g/mol. The first-order valence-corrected chi connectivity index (χ1v) is 11.6. The van der Waals surface area contributed by atoms with Gasteiger partial charge in [-0.1, -0.05) is 0 Å². The first-order valence-electron chi connectivity index (χ1n) is 9.99. The molecule has 2 aromatic heterocycles. The van der Waals surface area contributed by atoms with E-state index in [4.69, 9.17) is 5.26 Å². The van der Waals surface area contributed by atoms with Crippen LogP contribution in [0.5, 0.6) is 0 Å². The van der Waals surface area contributed by atoms with Gasteiger partial charge in [0.05, 0.1) is 5.75 Å². The molecule has 0 amide bonds.